The van der Waals surface area contributed by atoms with Crippen molar-refractivity contribution in [3.8, 4) is 0 Å². The van der Waals surface area contributed by atoms with E-state index in [4.69, 9.17) is 26.8 Å². The van der Waals surface area contributed by atoms with Gasteiger partial charge in [0.1, 0.15) is 25.7 Å². The van der Waals surface area contributed by atoms with Crippen molar-refractivity contribution < 1.29 is 18.9 Å². The molecule has 0 aromatic rings. The topological polar surface area (TPSA) is 36.9 Å². The van der Waals surface area contributed by atoms with E-state index in [1.807, 2.05) is 0 Å². The highest BCUT2D eigenvalue weighted by Gasteiger charge is 2.61. The van der Waals surface area contributed by atoms with Crippen LogP contribution in [0, 0.1) is 0 Å². The van der Waals surface area contributed by atoms with E-state index in [2.05, 4.69) is 27.7 Å². The summed E-state index contributed by atoms with van der Waals surface area (Å²) in [4.78, 5) is 0. The minimum Gasteiger partial charge on any atom is -0.378 e. The molecule has 0 aromatic heterocycles. The Morgan fingerprint density at radius 2 is 1.91 bits per heavy atom. The van der Waals surface area contributed by atoms with E-state index in [0.29, 0.717) is 13.2 Å². The van der Waals surface area contributed by atoms with Gasteiger partial charge in [0, 0.05) is 12.6 Å². The number of rotatable bonds is 11. The van der Waals surface area contributed by atoms with Crippen LogP contribution in [-0.4, -0.2) is 57.1 Å². The third-order valence-electron chi connectivity index (χ3n) is 5.07. The highest BCUT2D eigenvalue weighted by molar-refractivity contribution is 6.11. The van der Waals surface area contributed by atoms with Crippen LogP contribution in [0.1, 0.15) is 66.2 Å². The summed E-state index contributed by atoms with van der Waals surface area (Å²) in [5.41, 5.74) is -0.755. The Kier molecular flexibility index (Phi) is 6.96. The molecule has 2 saturated heterocycles. The van der Waals surface area contributed by atoms with Crippen molar-refractivity contribution in [2.75, 3.05) is 19.8 Å². The molecule has 4 atom stereocenters. The van der Waals surface area contributed by atoms with Crippen LogP contribution >= 0.6 is 0 Å². The Hall–Kier alpha value is -0.0951. The maximum Gasteiger partial charge on any atom is 0.143 e. The molecule has 2 rings (SSSR count). The van der Waals surface area contributed by atoms with Gasteiger partial charge in [-0.2, -0.15) is 0 Å². The van der Waals surface area contributed by atoms with Gasteiger partial charge in [0.25, 0.3) is 0 Å². The molecule has 2 bridgehead atoms. The van der Waals surface area contributed by atoms with Crippen molar-refractivity contribution in [1.29, 1.82) is 0 Å². The summed E-state index contributed by atoms with van der Waals surface area (Å²) >= 11 is 0. The minimum absolute atomic E-state index is 0.146. The number of hydrogen-bond donors (Lipinski definition) is 0. The number of unbranched alkanes of at least 4 members (excludes halogenated alkanes) is 4. The van der Waals surface area contributed by atoms with Crippen molar-refractivity contribution >= 4 is 7.85 Å². The Morgan fingerprint density at radius 1 is 1.17 bits per heavy atom. The lowest BCUT2D eigenvalue weighted by Crippen LogP contribution is -2.49. The normalized spacial score (nSPS) is 33.5. The van der Waals surface area contributed by atoms with Gasteiger partial charge in [0.15, 0.2) is 0 Å². The molecular formula is C18H33BO4. The SMILES string of the molecule is [B]C1OC2(COCCCCCCC)COC1[C@H]2OC(C)(C)CC. The fourth-order valence-corrected chi connectivity index (χ4v) is 3.22. The Bertz CT molecular complexity index is 363. The Labute approximate surface area is 143 Å². The molecule has 0 saturated carbocycles. The molecule has 3 unspecified atom stereocenters. The molecule has 2 aliphatic heterocycles. The van der Waals surface area contributed by atoms with Crippen LogP contribution in [-0.2, 0) is 18.9 Å². The van der Waals surface area contributed by atoms with Crippen molar-refractivity contribution in [3.63, 3.8) is 0 Å². The number of ether oxygens (including phenoxy) is 4. The molecule has 132 valence electrons. The molecule has 0 amide bonds. The first-order chi connectivity index (χ1) is 10.9. The molecule has 5 heteroatoms. The predicted octanol–water partition coefficient (Wildman–Crippen LogP) is 3.21. The summed E-state index contributed by atoms with van der Waals surface area (Å²) in [7, 11) is 6.06. The van der Waals surface area contributed by atoms with Crippen LogP contribution < -0.4 is 0 Å². The molecule has 0 N–H and O–H groups in total. The Morgan fingerprint density at radius 3 is 2.57 bits per heavy atom. The summed E-state index contributed by atoms with van der Waals surface area (Å²) in [5, 5.41) is 0. The Balaban J connectivity index is 1.82. The van der Waals surface area contributed by atoms with Crippen molar-refractivity contribution in [2.45, 2.75) is 95.6 Å². The van der Waals surface area contributed by atoms with E-state index in [1.54, 1.807) is 0 Å². The van der Waals surface area contributed by atoms with Gasteiger partial charge < -0.3 is 18.9 Å². The molecule has 2 heterocycles. The second-order valence-electron chi connectivity index (χ2n) is 7.54. The van der Waals surface area contributed by atoms with E-state index in [1.165, 1.54) is 25.7 Å². The molecule has 0 aromatic carbocycles. The number of fused-ring (bicyclic) bond motifs is 2. The van der Waals surface area contributed by atoms with Crippen molar-refractivity contribution in [3.05, 3.63) is 0 Å². The first-order valence-electron chi connectivity index (χ1n) is 9.24. The van der Waals surface area contributed by atoms with E-state index in [0.717, 1.165) is 19.4 Å². The zero-order valence-corrected chi connectivity index (χ0v) is 15.3. The average molecular weight is 324 g/mol. The smallest absolute Gasteiger partial charge is 0.143 e. The van der Waals surface area contributed by atoms with Crippen LogP contribution in [0.3, 0.4) is 0 Å². The van der Waals surface area contributed by atoms with Gasteiger partial charge in [-0.05, 0) is 26.7 Å². The zero-order chi connectivity index (χ0) is 16.9. The third kappa shape index (κ3) is 4.71. The zero-order valence-electron chi connectivity index (χ0n) is 15.3. The monoisotopic (exact) mass is 324 g/mol. The van der Waals surface area contributed by atoms with E-state index in [-0.39, 0.29) is 17.8 Å². The fourth-order valence-electron chi connectivity index (χ4n) is 3.22. The van der Waals surface area contributed by atoms with Gasteiger partial charge in [0.05, 0.1) is 18.8 Å². The summed E-state index contributed by atoms with van der Waals surface area (Å²) in [6, 6.07) is -0.422. The van der Waals surface area contributed by atoms with E-state index >= 15 is 0 Å². The van der Waals surface area contributed by atoms with Crippen LogP contribution in [0.5, 0.6) is 0 Å². The standard InChI is InChI=1S/C18H33BO4/c1-5-7-8-9-10-11-20-12-18-13-21-14(16(19)23-18)15(18)22-17(3,4)6-2/h14-16H,5-13H2,1-4H3/t14?,15-,16?,18?/m1/s1. The highest BCUT2D eigenvalue weighted by Crippen LogP contribution is 2.43. The molecule has 4 nitrogen and oxygen atoms in total. The predicted molar refractivity (Wildman–Crippen MR) is 91.9 cm³/mol. The molecular weight excluding hydrogens is 291 g/mol. The largest absolute Gasteiger partial charge is 0.378 e. The molecule has 0 spiro atoms. The first kappa shape index (κ1) is 19.2. The highest BCUT2D eigenvalue weighted by atomic mass is 16.7. The van der Waals surface area contributed by atoms with Crippen LogP contribution in [0.2, 0.25) is 0 Å². The van der Waals surface area contributed by atoms with Crippen molar-refractivity contribution in [2.24, 2.45) is 0 Å². The van der Waals surface area contributed by atoms with Gasteiger partial charge >= 0.3 is 0 Å². The molecule has 23 heavy (non-hydrogen) atoms. The lowest BCUT2D eigenvalue weighted by Gasteiger charge is -2.34. The van der Waals surface area contributed by atoms with Gasteiger partial charge in [-0.3, -0.25) is 0 Å². The van der Waals surface area contributed by atoms with Crippen LogP contribution in [0.25, 0.3) is 0 Å². The average Bonchev–Trinajstić information content (AvgIpc) is 2.96. The summed E-state index contributed by atoms with van der Waals surface area (Å²) in [6.07, 6.45) is 6.77. The summed E-state index contributed by atoms with van der Waals surface area (Å²) < 4.78 is 24.0. The molecule has 2 radical (unpaired) electrons. The van der Waals surface area contributed by atoms with E-state index in [9.17, 15) is 0 Å². The van der Waals surface area contributed by atoms with Crippen LogP contribution in [0.4, 0.5) is 0 Å². The van der Waals surface area contributed by atoms with Gasteiger partial charge in [0.2, 0.25) is 0 Å². The maximum atomic E-state index is 6.31. The first-order valence-corrected chi connectivity index (χ1v) is 9.24. The van der Waals surface area contributed by atoms with Crippen molar-refractivity contribution in [1.82, 2.24) is 0 Å². The molecule has 0 aliphatic carbocycles. The lowest BCUT2D eigenvalue weighted by molar-refractivity contribution is -0.166. The fraction of sp³-hybridized carbons (Fsp3) is 1.00. The maximum absolute atomic E-state index is 6.31. The second kappa shape index (κ2) is 8.33. The van der Waals surface area contributed by atoms with E-state index < -0.39 is 11.6 Å². The third-order valence-corrected chi connectivity index (χ3v) is 5.07. The lowest BCUT2D eigenvalue weighted by atomic mass is 9.91. The van der Waals surface area contributed by atoms with Gasteiger partial charge in [-0.15, -0.1) is 0 Å². The second-order valence-corrected chi connectivity index (χ2v) is 7.54. The minimum atomic E-state index is -0.542. The number of hydrogen-bond acceptors (Lipinski definition) is 4. The summed E-state index contributed by atoms with van der Waals surface area (Å²) in [6.45, 7) is 10.3. The van der Waals surface area contributed by atoms with Gasteiger partial charge in [-0.1, -0.05) is 39.5 Å². The summed E-state index contributed by atoms with van der Waals surface area (Å²) in [5.74, 6) is 0. The quantitative estimate of drug-likeness (QED) is 0.432. The molecule has 2 aliphatic rings. The van der Waals surface area contributed by atoms with Crippen LogP contribution in [0.15, 0.2) is 0 Å². The molecule has 2 fully saturated rings. The van der Waals surface area contributed by atoms with Gasteiger partial charge in [-0.25, -0.2) is 0 Å².